The number of imide groups is 1. The van der Waals surface area contributed by atoms with Gasteiger partial charge < -0.3 is 10.1 Å². The number of urea groups is 1. The third-order valence-corrected chi connectivity index (χ3v) is 1.97. The molecule has 1 aromatic rings. The fourth-order valence-corrected chi connectivity index (χ4v) is 1.08. The van der Waals surface area contributed by atoms with Crippen LogP contribution in [0, 0.1) is 5.92 Å². The van der Waals surface area contributed by atoms with E-state index in [-0.39, 0.29) is 12.5 Å². The largest absolute Gasteiger partial charge is 0.454 e. The smallest absolute Gasteiger partial charge is 0.328 e. The first-order valence-corrected chi connectivity index (χ1v) is 5.91. The molecule has 0 aromatic carbocycles. The summed E-state index contributed by atoms with van der Waals surface area (Å²) in [6.07, 6.45) is 1.24. The highest BCUT2D eigenvalue weighted by atomic mass is 16.5. The number of aromatic nitrogens is 4. The quantitative estimate of drug-likeness (QED) is 0.621. The van der Waals surface area contributed by atoms with Gasteiger partial charge >= 0.3 is 12.0 Å². The van der Waals surface area contributed by atoms with Crippen molar-refractivity contribution in [3.63, 3.8) is 0 Å². The first-order valence-electron chi connectivity index (χ1n) is 5.91. The molecular weight excluding hydrogens is 268 g/mol. The van der Waals surface area contributed by atoms with Crippen LogP contribution in [0.3, 0.4) is 0 Å². The predicted octanol–water partition coefficient (Wildman–Crippen LogP) is -1.30. The van der Waals surface area contributed by atoms with Gasteiger partial charge in [-0.05, 0) is 16.3 Å². The first kappa shape index (κ1) is 15.5. The molecule has 0 bridgehead atoms. The Kier molecular flexibility index (Phi) is 6.07. The highest BCUT2D eigenvalue weighted by Gasteiger charge is 2.11. The van der Waals surface area contributed by atoms with Gasteiger partial charge in [0.1, 0.15) is 12.9 Å². The van der Waals surface area contributed by atoms with Crippen molar-refractivity contribution in [1.29, 1.82) is 0 Å². The Morgan fingerprint density at radius 2 is 2.10 bits per heavy atom. The van der Waals surface area contributed by atoms with E-state index in [1.807, 2.05) is 19.2 Å². The van der Waals surface area contributed by atoms with Crippen LogP contribution in [0.4, 0.5) is 4.79 Å². The Morgan fingerprint density at radius 1 is 1.35 bits per heavy atom. The van der Waals surface area contributed by atoms with Crippen LogP contribution in [0.25, 0.3) is 0 Å². The van der Waals surface area contributed by atoms with Gasteiger partial charge in [-0.1, -0.05) is 13.8 Å². The number of nitrogens with zero attached hydrogens (tertiary/aromatic N) is 4. The Balaban J connectivity index is 2.19. The number of nitrogens with one attached hydrogen (secondary N) is 2. The van der Waals surface area contributed by atoms with Crippen LogP contribution < -0.4 is 10.6 Å². The number of hydrogen-bond donors (Lipinski definition) is 2. The summed E-state index contributed by atoms with van der Waals surface area (Å²) in [5.74, 6) is -1.13. The number of hydrogen-bond acceptors (Lipinski definition) is 7. The summed E-state index contributed by atoms with van der Waals surface area (Å²) in [4.78, 5) is 33.8. The van der Waals surface area contributed by atoms with Crippen LogP contribution in [0.15, 0.2) is 6.33 Å². The Morgan fingerprint density at radius 3 is 2.70 bits per heavy atom. The molecule has 0 saturated carbocycles. The molecule has 2 N–H and O–H groups in total. The molecule has 0 atom stereocenters. The zero-order valence-corrected chi connectivity index (χ0v) is 11.2. The molecule has 0 aliphatic carbocycles. The highest BCUT2D eigenvalue weighted by molar-refractivity contribution is 5.95. The van der Waals surface area contributed by atoms with Gasteiger partial charge in [-0.15, -0.1) is 5.10 Å². The number of esters is 1. The van der Waals surface area contributed by atoms with Crippen LogP contribution in [0.5, 0.6) is 0 Å². The third-order valence-electron chi connectivity index (χ3n) is 1.97. The van der Waals surface area contributed by atoms with Crippen molar-refractivity contribution >= 4 is 17.9 Å². The van der Waals surface area contributed by atoms with E-state index in [4.69, 9.17) is 0 Å². The van der Waals surface area contributed by atoms with Gasteiger partial charge in [-0.2, -0.15) is 0 Å². The highest BCUT2D eigenvalue weighted by Crippen LogP contribution is 1.87. The predicted molar refractivity (Wildman–Crippen MR) is 65.2 cm³/mol. The van der Waals surface area contributed by atoms with Crippen molar-refractivity contribution in [2.45, 2.75) is 20.4 Å². The summed E-state index contributed by atoms with van der Waals surface area (Å²) in [6, 6.07) is -0.625. The van der Waals surface area contributed by atoms with E-state index in [9.17, 15) is 14.4 Å². The Labute approximate surface area is 114 Å². The summed E-state index contributed by atoms with van der Waals surface area (Å²) in [5, 5.41) is 14.7. The summed E-state index contributed by atoms with van der Waals surface area (Å²) in [7, 11) is 0. The van der Waals surface area contributed by atoms with Crippen molar-refractivity contribution in [3.05, 3.63) is 6.33 Å². The van der Waals surface area contributed by atoms with E-state index in [1.54, 1.807) is 0 Å². The average Bonchev–Trinajstić information content (AvgIpc) is 2.86. The maximum absolute atomic E-state index is 11.3. The zero-order valence-electron chi connectivity index (χ0n) is 11.2. The van der Waals surface area contributed by atoms with Crippen molar-refractivity contribution in [3.8, 4) is 0 Å². The van der Waals surface area contributed by atoms with Gasteiger partial charge in [-0.3, -0.25) is 14.9 Å². The summed E-state index contributed by atoms with van der Waals surface area (Å²) < 4.78 is 5.80. The molecule has 10 heteroatoms. The molecule has 0 aliphatic rings. The monoisotopic (exact) mass is 284 g/mol. The van der Waals surface area contributed by atoms with E-state index in [0.29, 0.717) is 6.54 Å². The number of carbonyl (C=O) groups is 3. The molecule has 20 heavy (non-hydrogen) atoms. The molecule has 110 valence electrons. The minimum Gasteiger partial charge on any atom is -0.454 e. The van der Waals surface area contributed by atoms with E-state index < -0.39 is 24.5 Å². The number of rotatable bonds is 6. The molecule has 0 radical (unpaired) electrons. The van der Waals surface area contributed by atoms with E-state index >= 15 is 0 Å². The standard InChI is InChI=1S/C10H16N6O4/c1-7(2)3-11-10(19)13-8(17)5-20-9(18)4-16-6-12-14-15-16/h6-7H,3-5H2,1-2H3,(H2,11,13,17,19). The van der Waals surface area contributed by atoms with Gasteiger partial charge in [0.2, 0.25) is 0 Å². The minimum absolute atomic E-state index is 0.209. The van der Waals surface area contributed by atoms with Crippen molar-refractivity contribution in [2.75, 3.05) is 13.2 Å². The lowest BCUT2D eigenvalue weighted by molar-refractivity contribution is -0.149. The fourth-order valence-electron chi connectivity index (χ4n) is 1.08. The second kappa shape index (κ2) is 7.81. The number of tetrazole rings is 1. The molecular formula is C10H16N6O4. The molecule has 10 nitrogen and oxygen atoms in total. The van der Waals surface area contributed by atoms with E-state index in [0.717, 1.165) is 4.68 Å². The summed E-state index contributed by atoms with van der Waals surface area (Å²) in [6.45, 7) is 3.53. The maximum Gasteiger partial charge on any atom is 0.328 e. The van der Waals surface area contributed by atoms with E-state index in [2.05, 4.69) is 25.6 Å². The minimum atomic E-state index is -0.712. The normalized spacial score (nSPS) is 10.2. The van der Waals surface area contributed by atoms with Crippen LogP contribution in [-0.2, 0) is 20.9 Å². The van der Waals surface area contributed by atoms with Crippen LogP contribution >= 0.6 is 0 Å². The average molecular weight is 284 g/mol. The second-order valence-corrected chi connectivity index (χ2v) is 4.32. The number of ether oxygens (including phenoxy) is 1. The van der Waals surface area contributed by atoms with Crippen LogP contribution in [0.2, 0.25) is 0 Å². The molecule has 3 amide bonds. The van der Waals surface area contributed by atoms with Gasteiger partial charge in [0.05, 0.1) is 0 Å². The fraction of sp³-hybridized carbons (Fsp3) is 0.600. The third kappa shape index (κ3) is 6.42. The van der Waals surface area contributed by atoms with Crippen LogP contribution in [0.1, 0.15) is 13.8 Å². The lowest BCUT2D eigenvalue weighted by atomic mass is 10.2. The van der Waals surface area contributed by atoms with Crippen molar-refractivity contribution in [1.82, 2.24) is 30.8 Å². The Hall–Kier alpha value is -2.52. The topological polar surface area (TPSA) is 128 Å². The molecule has 1 aromatic heterocycles. The van der Waals surface area contributed by atoms with E-state index in [1.165, 1.54) is 6.33 Å². The molecule has 1 heterocycles. The van der Waals surface area contributed by atoms with Crippen molar-refractivity contribution < 1.29 is 19.1 Å². The summed E-state index contributed by atoms with van der Waals surface area (Å²) in [5.41, 5.74) is 0. The second-order valence-electron chi connectivity index (χ2n) is 4.32. The molecule has 1 rings (SSSR count). The number of amides is 3. The first-order chi connectivity index (χ1) is 9.47. The molecule has 0 aliphatic heterocycles. The summed E-state index contributed by atoms with van der Waals surface area (Å²) >= 11 is 0. The lowest BCUT2D eigenvalue weighted by Crippen LogP contribution is -2.42. The van der Waals surface area contributed by atoms with Gasteiger partial charge in [0.25, 0.3) is 5.91 Å². The molecule has 0 saturated heterocycles. The molecule has 0 unspecified atom stereocenters. The van der Waals surface area contributed by atoms with Crippen molar-refractivity contribution in [2.24, 2.45) is 5.92 Å². The molecule has 0 fully saturated rings. The number of carbonyl (C=O) groups excluding carboxylic acids is 3. The van der Waals surface area contributed by atoms with Crippen LogP contribution in [-0.4, -0.2) is 51.3 Å². The molecule has 0 spiro atoms. The van der Waals surface area contributed by atoms with Gasteiger partial charge in [0, 0.05) is 6.54 Å². The zero-order chi connectivity index (χ0) is 15.0. The lowest BCUT2D eigenvalue weighted by Gasteiger charge is -2.08. The SMILES string of the molecule is CC(C)CNC(=O)NC(=O)COC(=O)Cn1cnnn1. The maximum atomic E-state index is 11.3. The van der Waals surface area contributed by atoms with Gasteiger partial charge in [0.15, 0.2) is 6.61 Å². The Bertz CT molecular complexity index is 458. The van der Waals surface area contributed by atoms with Gasteiger partial charge in [-0.25, -0.2) is 9.48 Å².